The van der Waals surface area contributed by atoms with Gasteiger partial charge in [-0.05, 0) is 51.0 Å². The van der Waals surface area contributed by atoms with Crippen LogP contribution in [0.2, 0.25) is 0 Å². The van der Waals surface area contributed by atoms with Crippen molar-refractivity contribution in [2.75, 3.05) is 45.8 Å². The van der Waals surface area contributed by atoms with Crippen LogP contribution in [0.15, 0.2) is 23.1 Å². The molecule has 3 rings (SSSR count). The topological polar surface area (TPSA) is 71.4 Å². The number of aryl methyl sites for hydroxylation is 2. The smallest absolute Gasteiger partial charge is 0.277 e. The fraction of sp³-hybridized carbons (Fsp3) is 0.650. The van der Waals surface area contributed by atoms with E-state index >= 15 is 0 Å². The average molecular weight is 411 g/mol. The van der Waals surface area contributed by atoms with Crippen LogP contribution >= 0.6 is 0 Å². The van der Waals surface area contributed by atoms with Crippen molar-refractivity contribution in [3.63, 3.8) is 0 Å². The molecule has 8 heteroatoms. The van der Waals surface area contributed by atoms with Crippen LogP contribution < -0.4 is 4.90 Å². The molecule has 1 aromatic rings. The van der Waals surface area contributed by atoms with Crippen LogP contribution in [0, 0.1) is 13.8 Å². The molecular weight excluding hydrogens is 378 g/mol. The summed E-state index contributed by atoms with van der Waals surface area (Å²) < 4.78 is 33.1. The van der Waals surface area contributed by atoms with Gasteiger partial charge in [-0.1, -0.05) is 6.07 Å². The van der Waals surface area contributed by atoms with Crippen LogP contribution in [-0.4, -0.2) is 81.6 Å². The van der Waals surface area contributed by atoms with Crippen molar-refractivity contribution in [3.8, 4) is 0 Å². The van der Waals surface area contributed by atoms with Crippen LogP contribution in [-0.2, 0) is 19.6 Å². The van der Waals surface area contributed by atoms with Crippen molar-refractivity contribution in [1.29, 1.82) is 0 Å². The summed E-state index contributed by atoms with van der Waals surface area (Å²) >= 11 is 0. The highest BCUT2D eigenvalue weighted by Crippen LogP contribution is 2.20. The van der Waals surface area contributed by atoms with E-state index in [2.05, 4.69) is 0 Å². The van der Waals surface area contributed by atoms with Gasteiger partial charge in [0.1, 0.15) is 25.3 Å². The number of rotatable bonds is 4. The van der Waals surface area contributed by atoms with Gasteiger partial charge >= 0.3 is 0 Å². The predicted molar refractivity (Wildman–Crippen MR) is 107 cm³/mol. The molecule has 0 radical (unpaired) electrons. The Morgan fingerprint density at radius 3 is 2.25 bits per heavy atom. The highest BCUT2D eigenvalue weighted by atomic mass is 32.2. The number of piperazine rings is 1. The van der Waals surface area contributed by atoms with Crippen LogP contribution in [0.5, 0.6) is 0 Å². The van der Waals surface area contributed by atoms with E-state index in [1.54, 1.807) is 17.0 Å². The van der Waals surface area contributed by atoms with E-state index in [0.29, 0.717) is 37.6 Å². The molecule has 0 saturated carbocycles. The van der Waals surface area contributed by atoms with E-state index < -0.39 is 10.0 Å². The van der Waals surface area contributed by atoms with Crippen molar-refractivity contribution in [3.05, 3.63) is 29.3 Å². The largest absolute Gasteiger partial charge is 0.364 e. The summed E-state index contributed by atoms with van der Waals surface area (Å²) in [6.07, 6.45) is 0.318. The molecule has 0 aromatic heterocycles. The fourth-order valence-corrected chi connectivity index (χ4v) is 5.57. The number of ether oxygens (including phenoxy) is 1. The third-order valence-corrected chi connectivity index (χ3v) is 7.62. The molecule has 156 valence electrons. The third-order valence-electron chi connectivity index (χ3n) is 5.73. The van der Waals surface area contributed by atoms with Crippen LogP contribution in [0.25, 0.3) is 0 Å². The summed E-state index contributed by atoms with van der Waals surface area (Å²) in [7, 11) is -3.52. The van der Waals surface area contributed by atoms with Crippen molar-refractivity contribution in [1.82, 2.24) is 9.21 Å². The third kappa shape index (κ3) is 4.74. The summed E-state index contributed by atoms with van der Waals surface area (Å²) in [4.78, 5) is 16.0. The maximum absolute atomic E-state index is 12.9. The van der Waals surface area contributed by atoms with Gasteiger partial charge in [0.25, 0.3) is 5.91 Å². The highest BCUT2D eigenvalue weighted by Gasteiger charge is 2.33. The Hall–Kier alpha value is -1.48. The molecule has 0 bridgehead atoms. The molecule has 2 aliphatic rings. The molecule has 2 aliphatic heterocycles. The summed E-state index contributed by atoms with van der Waals surface area (Å²) in [5, 5.41) is 0. The van der Waals surface area contributed by atoms with Gasteiger partial charge < -0.3 is 14.5 Å². The van der Waals surface area contributed by atoms with E-state index in [1.165, 1.54) is 9.21 Å². The van der Waals surface area contributed by atoms with Crippen molar-refractivity contribution >= 4 is 15.9 Å². The Balaban J connectivity index is 1.57. The summed E-state index contributed by atoms with van der Waals surface area (Å²) in [5.74, 6) is 0.0968. The number of quaternary nitrogens is 1. The van der Waals surface area contributed by atoms with E-state index in [-0.39, 0.29) is 18.1 Å². The maximum Gasteiger partial charge on any atom is 0.277 e. The number of carbonyl (C=O) groups is 1. The Bertz CT molecular complexity index is 809. The normalized spacial score (nSPS) is 27.0. The zero-order valence-corrected chi connectivity index (χ0v) is 18.1. The number of sulfonamides is 1. The molecule has 2 fully saturated rings. The minimum atomic E-state index is -3.52. The van der Waals surface area contributed by atoms with E-state index in [9.17, 15) is 13.2 Å². The van der Waals surface area contributed by atoms with Crippen molar-refractivity contribution < 1.29 is 22.8 Å². The van der Waals surface area contributed by atoms with Gasteiger partial charge in [-0.15, -0.1) is 0 Å². The molecule has 2 heterocycles. The predicted octanol–water partition coefficient (Wildman–Crippen LogP) is -0.172. The average Bonchev–Trinajstić information content (AvgIpc) is 2.63. The Morgan fingerprint density at radius 1 is 1.07 bits per heavy atom. The number of carbonyl (C=O) groups excluding carboxylic acids is 1. The quantitative estimate of drug-likeness (QED) is 0.748. The minimum Gasteiger partial charge on any atom is -0.364 e. The van der Waals surface area contributed by atoms with E-state index in [0.717, 1.165) is 24.2 Å². The minimum absolute atomic E-state index is 0.0968. The molecule has 0 aliphatic carbocycles. The molecule has 7 nitrogen and oxygen atoms in total. The Kier molecular flexibility index (Phi) is 6.44. The van der Waals surface area contributed by atoms with Gasteiger partial charge in [0, 0.05) is 26.2 Å². The summed E-state index contributed by atoms with van der Waals surface area (Å²) in [5.41, 5.74) is 2.04. The second kappa shape index (κ2) is 8.49. The number of amides is 1. The molecule has 0 unspecified atom stereocenters. The first kappa shape index (κ1) is 21.2. The second-order valence-electron chi connectivity index (χ2n) is 8.12. The molecule has 28 heavy (non-hydrogen) atoms. The molecule has 2 saturated heterocycles. The van der Waals surface area contributed by atoms with Gasteiger partial charge in [-0.25, -0.2) is 8.42 Å². The first-order chi connectivity index (χ1) is 13.2. The van der Waals surface area contributed by atoms with Crippen molar-refractivity contribution in [2.24, 2.45) is 0 Å². The monoisotopic (exact) mass is 410 g/mol. The van der Waals surface area contributed by atoms with Crippen LogP contribution in [0.3, 0.4) is 0 Å². The molecule has 2 atom stereocenters. The van der Waals surface area contributed by atoms with Gasteiger partial charge in [-0.2, -0.15) is 4.31 Å². The number of hydrogen-bond acceptors (Lipinski definition) is 4. The summed E-state index contributed by atoms with van der Waals surface area (Å²) in [6, 6.07) is 5.24. The number of benzene rings is 1. The van der Waals surface area contributed by atoms with Gasteiger partial charge in [0.05, 0.1) is 4.90 Å². The SMILES string of the molecule is Cc1ccc(S(=O)(=O)N2CCN(C(=O)C[NH+]3C[C@@H](C)O[C@H](C)C3)CC2)cc1C. The molecule has 1 amide bonds. The standard InChI is InChI=1S/C20H31N3O4S/c1-15-5-6-19(11-16(15)2)28(25,26)23-9-7-22(8-10-23)20(24)14-21-12-17(3)27-18(4)13-21/h5-6,11,17-18H,7-10,12-14H2,1-4H3/p+1/t17-,18-/m1/s1. The van der Waals surface area contributed by atoms with Crippen LogP contribution in [0.1, 0.15) is 25.0 Å². The first-order valence-corrected chi connectivity index (χ1v) is 11.4. The maximum atomic E-state index is 12.9. The Morgan fingerprint density at radius 2 is 1.68 bits per heavy atom. The van der Waals surface area contributed by atoms with Crippen molar-refractivity contribution in [2.45, 2.75) is 44.8 Å². The number of nitrogens with zero attached hydrogens (tertiary/aromatic N) is 2. The second-order valence-corrected chi connectivity index (χ2v) is 10.1. The van der Waals surface area contributed by atoms with E-state index in [4.69, 9.17) is 4.74 Å². The van der Waals surface area contributed by atoms with Gasteiger partial charge in [-0.3, -0.25) is 4.79 Å². The lowest BCUT2D eigenvalue weighted by Crippen LogP contribution is -3.16. The highest BCUT2D eigenvalue weighted by molar-refractivity contribution is 7.89. The lowest BCUT2D eigenvalue weighted by Gasteiger charge is -2.36. The zero-order chi connectivity index (χ0) is 20.5. The number of hydrogen-bond donors (Lipinski definition) is 1. The van der Waals surface area contributed by atoms with Gasteiger partial charge in [0.2, 0.25) is 10.0 Å². The summed E-state index contributed by atoms with van der Waals surface area (Å²) in [6.45, 7) is 11.6. The lowest BCUT2D eigenvalue weighted by molar-refractivity contribution is -0.907. The lowest BCUT2D eigenvalue weighted by atomic mass is 10.1. The first-order valence-electron chi connectivity index (χ1n) is 10.0. The number of morpholine rings is 1. The van der Waals surface area contributed by atoms with Gasteiger partial charge in [0.15, 0.2) is 6.54 Å². The molecule has 1 aromatic carbocycles. The fourth-order valence-electron chi connectivity index (χ4n) is 4.06. The molecule has 0 spiro atoms. The Labute approximate surface area is 168 Å². The zero-order valence-electron chi connectivity index (χ0n) is 17.3. The molecular formula is C20H32N3O4S+. The number of nitrogens with one attached hydrogen (secondary N) is 1. The van der Waals surface area contributed by atoms with Crippen LogP contribution in [0.4, 0.5) is 0 Å². The van der Waals surface area contributed by atoms with E-state index in [1.807, 2.05) is 33.8 Å². The molecule has 1 N–H and O–H groups in total.